The number of ether oxygens (including phenoxy) is 2. The second-order valence-corrected chi connectivity index (χ2v) is 4.02. The number of benzene rings is 1. The third kappa shape index (κ3) is 2.58. The van der Waals surface area contributed by atoms with Crippen LogP contribution in [0.3, 0.4) is 0 Å². The summed E-state index contributed by atoms with van der Waals surface area (Å²) in [5.41, 5.74) is 0.666. The number of carbonyl (C=O) groups is 1. The van der Waals surface area contributed by atoms with Crippen molar-refractivity contribution >= 4 is 5.91 Å². The summed E-state index contributed by atoms with van der Waals surface area (Å²) in [5, 5.41) is 0. The van der Waals surface area contributed by atoms with Crippen LogP contribution >= 0.6 is 0 Å². The van der Waals surface area contributed by atoms with Gasteiger partial charge in [-0.25, -0.2) is 0 Å². The van der Waals surface area contributed by atoms with E-state index in [1.54, 1.807) is 24.1 Å². The van der Waals surface area contributed by atoms with E-state index in [0.29, 0.717) is 31.0 Å². The average Bonchev–Trinajstić information content (AvgIpc) is 2.32. The highest BCUT2D eigenvalue weighted by Gasteiger charge is 2.31. The van der Waals surface area contributed by atoms with Gasteiger partial charge in [0.25, 0.3) is 5.91 Å². The van der Waals surface area contributed by atoms with Gasteiger partial charge in [-0.2, -0.15) is 0 Å². The van der Waals surface area contributed by atoms with E-state index in [1.165, 1.54) is 0 Å². The summed E-state index contributed by atoms with van der Waals surface area (Å²) in [6.07, 6.45) is 0.203. The van der Waals surface area contributed by atoms with Crippen LogP contribution in [0, 0.1) is 0 Å². The first-order valence-electron chi connectivity index (χ1n) is 5.79. The van der Waals surface area contributed by atoms with Crippen molar-refractivity contribution in [3.63, 3.8) is 0 Å². The molecule has 0 radical (unpaired) electrons. The minimum Gasteiger partial charge on any atom is -0.497 e. The Labute approximate surface area is 101 Å². The number of carbonyl (C=O) groups excluding carboxylic acids is 1. The van der Waals surface area contributed by atoms with Gasteiger partial charge in [0.05, 0.1) is 13.2 Å². The zero-order valence-electron chi connectivity index (χ0n) is 10.2. The summed E-state index contributed by atoms with van der Waals surface area (Å²) in [6, 6.07) is 7.22. The maximum atomic E-state index is 12.1. The molecule has 0 atom stereocenters. The molecular formula is C13H17NO3. The molecule has 1 aromatic rings. The Balaban J connectivity index is 1.96. The van der Waals surface area contributed by atoms with E-state index in [2.05, 4.69) is 0 Å². The summed E-state index contributed by atoms with van der Waals surface area (Å²) < 4.78 is 10.5. The third-order valence-corrected chi connectivity index (χ3v) is 2.85. The predicted molar refractivity (Wildman–Crippen MR) is 64.3 cm³/mol. The number of rotatable bonds is 4. The molecule has 4 nitrogen and oxygen atoms in total. The molecular weight excluding hydrogens is 218 g/mol. The molecule has 17 heavy (non-hydrogen) atoms. The van der Waals surface area contributed by atoms with Crippen molar-refractivity contribution in [3.05, 3.63) is 29.8 Å². The molecule has 0 unspecified atom stereocenters. The molecule has 1 amide bonds. The molecule has 0 N–H and O–H groups in total. The fourth-order valence-corrected chi connectivity index (χ4v) is 1.88. The molecule has 1 heterocycles. The van der Waals surface area contributed by atoms with Gasteiger partial charge in [-0.3, -0.25) is 4.79 Å². The van der Waals surface area contributed by atoms with Crippen LogP contribution in [0.2, 0.25) is 0 Å². The van der Waals surface area contributed by atoms with Crippen molar-refractivity contribution in [2.24, 2.45) is 0 Å². The Morgan fingerprint density at radius 1 is 1.47 bits per heavy atom. The van der Waals surface area contributed by atoms with E-state index in [1.807, 2.05) is 19.1 Å². The van der Waals surface area contributed by atoms with E-state index < -0.39 is 0 Å². The molecule has 1 aromatic carbocycles. The Morgan fingerprint density at radius 2 is 2.24 bits per heavy atom. The molecule has 0 saturated carbocycles. The molecule has 1 fully saturated rings. The average molecular weight is 235 g/mol. The highest BCUT2D eigenvalue weighted by molar-refractivity contribution is 5.95. The number of likely N-dealkylation sites (tertiary alicyclic amines) is 1. The first-order chi connectivity index (χ1) is 8.24. The first kappa shape index (κ1) is 11.9. The van der Waals surface area contributed by atoms with E-state index >= 15 is 0 Å². The van der Waals surface area contributed by atoms with Gasteiger partial charge in [-0.05, 0) is 25.1 Å². The van der Waals surface area contributed by atoms with E-state index in [0.717, 1.165) is 0 Å². The molecule has 0 bridgehead atoms. The number of amides is 1. The fourth-order valence-electron chi connectivity index (χ4n) is 1.88. The van der Waals surface area contributed by atoms with Crippen LogP contribution in [0.4, 0.5) is 0 Å². The Bertz CT molecular complexity index is 399. The maximum absolute atomic E-state index is 12.1. The van der Waals surface area contributed by atoms with Gasteiger partial charge in [0.15, 0.2) is 0 Å². The Hall–Kier alpha value is -1.55. The molecule has 1 aliphatic heterocycles. The molecule has 0 aromatic heterocycles. The van der Waals surface area contributed by atoms with Crippen LogP contribution < -0.4 is 4.74 Å². The molecule has 0 spiro atoms. The lowest BCUT2D eigenvalue weighted by Crippen LogP contribution is -2.54. The van der Waals surface area contributed by atoms with Crippen molar-refractivity contribution in [2.75, 3.05) is 26.8 Å². The lowest BCUT2D eigenvalue weighted by Gasteiger charge is -2.38. The molecule has 2 rings (SSSR count). The Kier molecular flexibility index (Phi) is 3.64. The van der Waals surface area contributed by atoms with Gasteiger partial charge in [0.1, 0.15) is 5.75 Å². The van der Waals surface area contributed by atoms with Gasteiger partial charge in [0, 0.05) is 25.3 Å². The van der Waals surface area contributed by atoms with Crippen molar-refractivity contribution < 1.29 is 14.3 Å². The van der Waals surface area contributed by atoms with Gasteiger partial charge in [0.2, 0.25) is 0 Å². The Morgan fingerprint density at radius 3 is 2.88 bits per heavy atom. The zero-order valence-corrected chi connectivity index (χ0v) is 10.2. The first-order valence-corrected chi connectivity index (χ1v) is 5.79. The van der Waals surface area contributed by atoms with Gasteiger partial charge in [-0.15, -0.1) is 0 Å². The summed E-state index contributed by atoms with van der Waals surface area (Å²) in [4.78, 5) is 13.8. The largest absolute Gasteiger partial charge is 0.497 e. The number of nitrogens with zero attached hydrogens (tertiary/aromatic N) is 1. The van der Waals surface area contributed by atoms with Crippen LogP contribution in [-0.4, -0.2) is 43.7 Å². The fraction of sp³-hybridized carbons (Fsp3) is 0.462. The SMILES string of the molecule is CCOC1CN(C(=O)c2cccc(OC)c2)C1. The van der Waals surface area contributed by atoms with Crippen LogP contribution in [0.15, 0.2) is 24.3 Å². The highest BCUT2D eigenvalue weighted by atomic mass is 16.5. The molecule has 1 saturated heterocycles. The number of hydrogen-bond donors (Lipinski definition) is 0. The molecule has 4 heteroatoms. The topological polar surface area (TPSA) is 38.8 Å². The van der Waals surface area contributed by atoms with Crippen molar-refractivity contribution in [1.82, 2.24) is 4.90 Å². The summed E-state index contributed by atoms with van der Waals surface area (Å²) in [5.74, 6) is 0.748. The van der Waals surface area contributed by atoms with E-state index in [4.69, 9.17) is 9.47 Å². The van der Waals surface area contributed by atoms with Gasteiger partial charge in [-0.1, -0.05) is 6.07 Å². The van der Waals surface area contributed by atoms with E-state index in [9.17, 15) is 4.79 Å². The summed E-state index contributed by atoms with van der Waals surface area (Å²) >= 11 is 0. The zero-order chi connectivity index (χ0) is 12.3. The van der Waals surface area contributed by atoms with Gasteiger partial charge < -0.3 is 14.4 Å². The van der Waals surface area contributed by atoms with Crippen molar-refractivity contribution in [3.8, 4) is 5.75 Å². The maximum Gasteiger partial charge on any atom is 0.254 e. The second-order valence-electron chi connectivity index (χ2n) is 4.02. The monoisotopic (exact) mass is 235 g/mol. The summed E-state index contributed by atoms with van der Waals surface area (Å²) in [7, 11) is 1.60. The molecule has 92 valence electrons. The minimum atomic E-state index is 0.0415. The number of hydrogen-bond acceptors (Lipinski definition) is 3. The van der Waals surface area contributed by atoms with E-state index in [-0.39, 0.29) is 12.0 Å². The van der Waals surface area contributed by atoms with Crippen molar-refractivity contribution in [1.29, 1.82) is 0 Å². The summed E-state index contributed by atoms with van der Waals surface area (Å²) in [6.45, 7) is 4.03. The lowest BCUT2D eigenvalue weighted by atomic mass is 10.1. The van der Waals surface area contributed by atoms with Gasteiger partial charge >= 0.3 is 0 Å². The van der Waals surface area contributed by atoms with Crippen LogP contribution in [0.5, 0.6) is 5.75 Å². The lowest BCUT2D eigenvalue weighted by molar-refractivity contribution is -0.0378. The molecule has 1 aliphatic rings. The third-order valence-electron chi connectivity index (χ3n) is 2.85. The van der Waals surface area contributed by atoms with Crippen LogP contribution in [0.1, 0.15) is 17.3 Å². The number of methoxy groups -OCH3 is 1. The van der Waals surface area contributed by atoms with Crippen LogP contribution in [-0.2, 0) is 4.74 Å². The quantitative estimate of drug-likeness (QED) is 0.795. The molecule has 0 aliphatic carbocycles. The normalized spacial score (nSPS) is 15.5. The second kappa shape index (κ2) is 5.19. The van der Waals surface area contributed by atoms with Crippen LogP contribution in [0.25, 0.3) is 0 Å². The smallest absolute Gasteiger partial charge is 0.254 e. The standard InChI is InChI=1S/C13H17NO3/c1-3-17-12-8-14(9-12)13(15)10-5-4-6-11(7-10)16-2/h4-7,12H,3,8-9H2,1-2H3. The predicted octanol–water partition coefficient (Wildman–Crippen LogP) is 1.56. The highest BCUT2D eigenvalue weighted by Crippen LogP contribution is 2.18. The minimum absolute atomic E-state index is 0.0415. The van der Waals surface area contributed by atoms with Crippen molar-refractivity contribution in [2.45, 2.75) is 13.0 Å².